The number of aromatic nitrogens is 1. The van der Waals surface area contributed by atoms with Gasteiger partial charge >= 0.3 is 0 Å². The van der Waals surface area contributed by atoms with Crippen LogP contribution in [0.25, 0.3) is 6.08 Å². The van der Waals surface area contributed by atoms with Gasteiger partial charge in [0.1, 0.15) is 0 Å². The van der Waals surface area contributed by atoms with Crippen molar-refractivity contribution in [1.82, 2.24) is 9.88 Å². The fourth-order valence-electron chi connectivity index (χ4n) is 5.24. The highest BCUT2D eigenvalue weighted by molar-refractivity contribution is 6.00. The van der Waals surface area contributed by atoms with E-state index in [2.05, 4.69) is 16.4 Å². The second-order valence-corrected chi connectivity index (χ2v) is 8.48. The Morgan fingerprint density at radius 2 is 2.00 bits per heavy atom. The molecule has 31 heavy (non-hydrogen) atoms. The lowest BCUT2D eigenvalue weighted by Gasteiger charge is -2.40. The summed E-state index contributed by atoms with van der Waals surface area (Å²) in [6.45, 7) is 0. The minimum atomic E-state index is -0.494. The van der Waals surface area contributed by atoms with Crippen molar-refractivity contribution in [2.24, 2.45) is 5.73 Å². The Morgan fingerprint density at radius 3 is 2.71 bits per heavy atom. The lowest BCUT2D eigenvalue weighted by Crippen LogP contribution is -2.49. The second kappa shape index (κ2) is 7.55. The predicted octanol–water partition coefficient (Wildman–Crippen LogP) is 2.87. The minimum Gasteiger partial charge on any atom is -0.381 e. The van der Waals surface area contributed by atoms with Gasteiger partial charge in [-0.1, -0.05) is 18.2 Å². The summed E-state index contributed by atoms with van der Waals surface area (Å²) in [5.41, 5.74) is 9.72. The SMILES string of the molecule is N#Cc1cccc(C(=O)N2[C@H]3CC[C@H]2CC(Nc2c(C(N)=O)cnc4c2C=CC4)C3)c1. The molecule has 2 saturated heterocycles. The molecule has 3 aliphatic rings. The fourth-order valence-corrected chi connectivity index (χ4v) is 5.24. The van der Waals surface area contributed by atoms with Crippen LogP contribution in [0.2, 0.25) is 0 Å². The van der Waals surface area contributed by atoms with Gasteiger partial charge < -0.3 is 16.0 Å². The first kappa shape index (κ1) is 19.3. The number of fused-ring (bicyclic) bond motifs is 3. The summed E-state index contributed by atoms with van der Waals surface area (Å²) in [5.74, 6) is -0.500. The van der Waals surface area contributed by atoms with Gasteiger partial charge in [-0.2, -0.15) is 5.26 Å². The molecule has 0 spiro atoms. The van der Waals surface area contributed by atoms with Crippen molar-refractivity contribution in [2.45, 2.75) is 50.2 Å². The summed E-state index contributed by atoms with van der Waals surface area (Å²) in [5, 5.41) is 12.7. The summed E-state index contributed by atoms with van der Waals surface area (Å²) in [6.07, 6.45) is 9.88. The monoisotopic (exact) mass is 413 g/mol. The van der Waals surface area contributed by atoms with Crippen LogP contribution in [0.1, 0.15) is 63.2 Å². The van der Waals surface area contributed by atoms with Crippen molar-refractivity contribution in [1.29, 1.82) is 5.26 Å². The van der Waals surface area contributed by atoms with Crippen LogP contribution >= 0.6 is 0 Å². The molecule has 3 heterocycles. The van der Waals surface area contributed by atoms with Gasteiger partial charge in [-0.15, -0.1) is 0 Å². The molecule has 7 heteroatoms. The number of nitrogens with one attached hydrogen (secondary N) is 1. The highest BCUT2D eigenvalue weighted by atomic mass is 16.2. The molecule has 1 aromatic carbocycles. The fraction of sp³-hybridized carbons (Fsp3) is 0.333. The van der Waals surface area contributed by atoms with Gasteiger partial charge in [0.15, 0.2) is 0 Å². The van der Waals surface area contributed by atoms with Gasteiger partial charge in [0.05, 0.1) is 28.6 Å². The quantitative estimate of drug-likeness (QED) is 0.800. The molecule has 2 aromatic rings. The molecule has 2 amide bonds. The van der Waals surface area contributed by atoms with Crippen molar-refractivity contribution < 1.29 is 9.59 Å². The molecule has 2 aliphatic heterocycles. The van der Waals surface area contributed by atoms with Crippen LogP contribution in [-0.2, 0) is 6.42 Å². The molecular weight excluding hydrogens is 390 g/mol. The summed E-state index contributed by atoms with van der Waals surface area (Å²) >= 11 is 0. The third kappa shape index (κ3) is 3.34. The van der Waals surface area contributed by atoms with E-state index in [1.54, 1.807) is 30.5 Å². The van der Waals surface area contributed by atoms with Crippen molar-refractivity contribution in [2.75, 3.05) is 5.32 Å². The predicted molar refractivity (Wildman–Crippen MR) is 116 cm³/mol. The van der Waals surface area contributed by atoms with Gasteiger partial charge in [0.2, 0.25) is 0 Å². The Hall–Kier alpha value is -3.66. The smallest absolute Gasteiger partial charge is 0.254 e. The van der Waals surface area contributed by atoms with Gasteiger partial charge in [-0.25, -0.2) is 0 Å². The molecule has 0 saturated carbocycles. The van der Waals surface area contributed by atoms with E-state index >= 15 is 0 Å². The first-order chi connectivity index (χ1) is 15.0. The van der Waals surface area contributed by atoms with Gasteiger partial charge in [-0.05, 0) is 43.9 Å². The Kier molecular flexibility index (Phi) is 4.70. The number of allylic oxidation sites excluding steroid dienone is 1. The van der Waals surface area contributed by atoms with E-state index in [9.17, 15) is 9.59 Å². The molecule has 3 N–H and O–H groups in total. The number of carbonyl (C=O) groups excluding carboxylic acids is 2. The third-order valence-electron chi connectivity index (χ3n) is 6.61. The van der Waals surface area contributed by atoms with E-state index in [4.69, 9.17) is 11.0 Å². The standard InChI is InChI=1S/C24H23N5O2/c25-12-14-3-1-4-15(9-14)24(31)29-17-7-8-18(29)11-16(10-17)28-22-19-5-2-6-21(19)27-13-20(22)23(26)30/h1-5,9,13,16-18H,6-8,10-11H2,(H2,26,30)(H,27,28)/t17-,18-/m0/s1. The molecule has 2 fully saturated rings. The van der Waals surface area contributed by atoms with E-state index in [1.807, 2.05) is 17.1 Å². The van der Waals surface area contributed by atoms with Crippen LogP contribution in [0, 0.1) is 11.3 Å². The van der Waals surface area contributed by atoms with Crippen molar-refractivity contribution in [3.05, 3.63) is 64.5 Å². The topological polar surface area (TPSA) is 112 Å². The van der Waals surface area contributed by atoms with Gasteiger partial charge in [-0.3, -0.25) is 14.6 Å². The summed E-state index contributed by atoms with van der Waals surface area (Å²) in [6, 6.07) is 9.42. The molecule has 156 valence electrons. The number of nitriles is 1. The van der Waals surface area contributed by atoms with Crippen LogP contribution in [0.3, 0.4) is 0 Å². The van der Waals surface area contributed by atoms with Crippen molar-refractivity contribution >= 4 is 23.6 Å². The Bertz CT molecular complexity index is 1140. The molecule has 1 aromatic heterocycles. The largest absolute Gasteiger partial charge is 0.381 e. The van der Waals surface area contributed by atoms with E-state index in [0.29, 0.717) is 16.7 Å². The number of amides is 2. The number of anilines is 1. The average molecular weight is 413 g/mol. The number of hydrogen-bond donors (Lipinski definition) is 2. The first-order valence-corrected chi connectivity index (χ1v) is 10.6. The zero-order chi connectivity index (χ0) is 21.5. The third-order valence-corrected chi connectivity index (χ3v) is 6.61. The van der Waals surface area contributed by atoms with E-state index < -0.39 is 5.91 Å². The summed E-state index contributed by atoms with van der Waals surface area (Å²) in [4.78, 5) is 31.6. The number of nitrogens with two attached hydrogens (primary N) is 1. The second-order valence-electron chi connectivity index (χ2n) is 8.48. The number of pyridine rings is 1. The van der Waals surface area contributed by atoms with E-state index in [-0.39, 0.29) is 24.0 Å². The minimum absolute atomic E-state index is 0.00592. The first-order valence-electron chi connectivity index (χ1n) is 10.6. The number of nitrogens with zero attached hydrogens (tertiary/aromatic N) is 3. The maximum atomic E-state index is 13.2. The summed E-state index contributed by atoms with van der Waals surface area (Å²) < 4.78 is 0. The summed E-state index contributed by atoms with van der Waals surface area (Å²) in [7, 11) is 0. The van der Waals surface area contributed by atoms with E-state index in [1.165, 1.54) is 0 Å². The van der Waals surface area contributed by atoms with Gasteiger partial charge in [0.25, 0.3) is 11.8 Å². The van der Waals surface area contributed by atoms with Crippen molar-refractivity contribution in [3.8, 4) is 6.07 Å². The zero-order valence-electron chi connectivity index (χ0n) is 17.0. The van der Waals surface area contributed by atoms with Crippen LogP contribution in [-0.4, -0.2) is 39.8 Å². The number of rotatable bonds is 4. The molecule has 0 radical (unpaired) electrons. The Balaban J connectivity index is 1.37. The van der Waals surface area contributed by atoms with Gasteiger partial charge in [0, 0.05) is 41.9 Å². The van der Waals surface area contributed by atoms with Crippen LogP contribution in [0.5, 0.6) is 0 Å². The van der Waals surface area contributed by atoms with E-state index in [0.717, 1.165) is 49.0 Å². The number of hydrogen-bond acceptors (Lipinski definition) is 5. The highest BCUT2D eigenvalue weighted by Gasteiger charge is 2.43. The lowest BCUT2D eigenvalue weighted by atomic mass is 9.95. The van der Waals surface area contributed by atoms with Crippen LogP contribution in [0.15, 0.2) is 36.5 Å². The number of carbonyl (C=O) groups is 2. The van der Waals surface area contributed by atoms with Crippen LogP contribution in [0.4, 0.5) is 5.69 Å². The lowest BCUT2D eigenvalue weighted by molar-refractivity contribution is 0.0583. The Morgan fingerprint density at radius 1 is 1.23 bits per heavy atom. The highest BCUT2D eigenvalue weighted by Crippen LogP contribution is 2.39. The molecular formula is C24H23N5O2. The molecule has 1 aliphatic carbocycles. The normalized spacial score (nSPS) is 23.3. The molecule has 0 unspecified atom stereocenters. The zero-order valence-corrected chi connectivity index (χ0v) is 17.0. The number of benzene rings is 1. The van der Waals surface area contributed by atoms with Crippen molar-refractivity contribution in [3.63, 3.8) is 0 Å². The molecule has 7 nitrogen and oxygen atoms in total. The number of primary amides is 1. The molecule has 2 atom stereocenters. The molecule has 5 rings (SSSR count). The maximum absolute atomic E-state index is 13.2. The Labute approximate surface area is 180 Å². The van der Waals surface area contributed by atoms with Crippen LogP contribution < -0.4 is 11.1 Å². The number of piperidine rings is 1. The maximum Gasteiger partial charge on any atom is 0.254 e. The molecule has 2 bridgehead atoms. The average Bonchev–Trinajstić information content (AvgIpc) is 3.36.